The molecule has 3 aromatic carbocycles. The highest BCUT2D eigenvalue weighted by Gasteiger charge is 2.05. The minimum atomic E-state index is 0.911. The van der Waals surface area contributed by atoms with Crippen LogP contribution in [0.15, 0.2) is 66.7 Å². The van der Waals surface area contributed by atoms with Crippen molar-refractivity contribution in [2.45, 2.75) is 26.4 Å². The Morgan fingerprint density at radius 2 is 1.72 bits per heavy atom. The van der Waals surface area contributed by atoms with Gasteiger partial charge in [-0.05, 0) is 54.4 Å². The average molecular weight is 329 g/mol. The van der Waals surface area contributed by atoms with Crippen LogP contribution >= 0.6 is 0 Å². The van der Waals surface area contributed by atoms with E-state index in [4.69, 9.17) is 0 Å². The number of fused-ring (bicyclic) bond motifs is 2. The van der Waals surface area contributed by atoms with Crippen molar-refractivity contribution in [3.05, 3.63) is 78.1 Å². The number of nitrogens with one attached hydrogen (secondary N) is 1. The van der Waals surface area contributed by atoms with Gasteiger partial charge in [-0.3, -0.25) is 0 Å². The second-order valence-electron chi connectivity index (χ2n) is 6.51. The standard InChI is InChI=1S/C22H23N3/c1-17-24-21-9-4-5-10-22(21)25(17)14-6-13-23-16-18-11-12-19-7-2-3-8-20(19)15-18/h2-5,7-12,15,23H,6,13-14,16H2,1H3. The van der Waals surface area contributed by atoms with Crippen LogP contribution in [0, 0.1) is 6.92 Å². The first-order valence-corrected chi connectivity index (χ1v) is 8.91. The molecule has 126 valence electrons. The van der Waals surface area contributed by atoms with Crippen LogP contribution in [0.25, 0.3) is 21.8 Å². The maximum absolute atomic E-state index is 4.63. The molecule has 0 radical (unpaired) electrons. The van der Waals surface area contributed by atoms with E-state index < -0.39 is 0 Å². The second-order valence-corrected chi connectivity index (χ2v) is 6.51. The highest BCUT2D eigenvalue weighted by Crippen LogP contribution is 2.16. The molecule has 0 saturated carbocycles. The number of hydrogen-bond donors (Lipinski definition) is 1. The third-order valence-electron chi connectivity index (χ3n) is 4.72. The van der Waals surface area contributed by atoms with Gasteiger partial charge in [0.2, 0.25) is 0 Å². The molecule has 3 heteroatoms. The first-order valence-electron chi connectivity index (χ1n) is 8.91. The van der Waals surface area contributed by atoms with E-state index in [1.165, 1.54) is 21.9 Å². The van der Waals surface area contributed by atoms with E-state index in [2.05, 4.69) is 82.5 Å². The van der Waals surface area contributed by atoms with Crippen molar-refractivity contribution < 1.29 is 0 Å². The number of hydrogen-bond acceptors (Lipinski definition) is 2. The van der Waals surface area contributed by atoms with Crippen LogP contribution in [0.3, 0.4) is 0 Å². The lowest BCUT2D eigenvalue weighted by Crippen LogP contribution is -2.16. The first-order chi connectivity index (χ1) is 12.3. The fraction of sp³-hybridized carbons (Fsp3) is 0.227. The topological polar surface area (TPSA) is 29.9 Å². The number of rotatable bonds is 6. The van der Waals surface area contributed by atoms with E-state index in [0.717, 1.165) is 37.4 Å². The largest absolute Gasteiger partial charge is 0.328 e. The van der Waals surface area contributed by atoms with Gasteiger partial charge in [0.05, 0.1) is 11.0 Å². The van der Waals surface area contributed by atoms with Crippen molar-refractivity contribution >= 4 is 21.8 Å². The van der Waals surface area contributed by atoms with Crippen molar-refractivity contribution in [3.63, 3.8) is 0 Å². The summed E-state index contributed by atoms with van der Waals surface area (Å²) in [7, 11) is 0. The van der Waals surface area contributed by atoms with Crippen molar-refractivity contribution in [2.75, 3.05) is 6.54 Å². The molecule has 4 aromatic rings. The number of aryl methyl sites for hydroxylation is 2. The Kier molecular flexibility index (Phi) is 4.49. The molecule has 0 amide bonds. The number of benzene rings is 3. The van der Waals surface area contributed by atoms with Gasteiger partial charge in [-0.2, -0.15) is 0 Å². The summed E-state index contributed by atoms with van der Waals surface area (Å²) in [6.45, 7) is 4.99. The van der Waals surface area contributed by atoms with Gasteiger partial charge in [0.25, 0.3) is 0 Å². The third-order valence-corrected chi connectivity index (χ3v) is 4.72. The molecule has 25 heavy (non-hydrogen) atoms. The second kappa shape index (κ2) is 7.08. The Labute approximate surface area is 148 Å². The normalized spacial score (nSPS) is 11.4. The lowest BCUT2D eigenvalue weighted by atomic mass is 10.1. The molecule has 0 aliphatic rings. The zero-order chi connectivity index (χ0) is 17.1. The highest BCUT2D eigenvalue weighted by molar-refractivity contribution is 5.83. The molecule has 4 rings (SSSR count). The Morgan fingerprint density at radius 1 is 0.920 bits per heavy atom. The van der Waals surface area contributed by atoms with Crippen LogP contribution in [0.2, 0.25) is 0 Å². The van der Waals surface area contributed by atoms with E-state index in [0.29, 0.717) is 0 Å². The number of nitrogens with zero attached hydrogens (tertiary/aromatic N) is 2. The molecule has 0 fully saturated rings. The molecular formula is C22H23N3. The summed E-state index contributed by atoms with van der Waals surface area (Å²) in [4.78, 5) is 4.63. The zero-order valence-corrected chi connectivity index (χ0v) is 14.6. The smallest absolute Gasteiger partial charge is 0.106 e. The predicted octanol–water partition coefficient (Wildman–Crippen LogP) is 4.68. The van der Waals surface area contributed by atoms with Gasteiger partial charge in [-0.25, -0.2) is 4.98 Å². The Morgan fingerprint density at radius 3 is 2.64 bits per heavy atom. The molecule has 0 atom stereocenters. The average Bonchev–Trinajstić information content (AvgIpc) is 2.97. The van der Waals surface area contributed by atoms with Gasteiger partial charge in [0, 0.05) is 13.1 Å². The van der Waals surface area contributed by atoms with E-state index in [9.17, 15) is 0 Å². The molecule has 0 unspecified atom stereocenters. The molecule has 0 aliphatic carbocycles. The van der Waals surface area contributed by atoms with Crippen LogP contribution in [0.1, 0.15) is 17.8 Å². The van der Waals surface area contributed by atoms with E-state index in [-0.39, 0.29) is 0 Å². The molecule has 3 nitrogen and oxygen atoms in total. The van der Waals surface area contributed by atoms with Gasteiger partial charge >= 0.3 is 0 Å². The SMILES string of the molecule is Cc1nc2ccccc2n1CCCNCc1ccc2ccccc2c1. The molecular weight excluding hydrogens is 306 g/mol. The first kappa shape index (κ1) is 15.9. The van der Waals surface area contributed by atoms with E-state index >= 15 is 0 Å². The fourth-order valence-electron chi connectivity index (χ4n) is 3.42. The van der Waals surface area contributed by atoms with Crippen molar-refractivity contribution in [1.82, 2.24) is 14.9 Å². The summed E-state index contributed by atoms with van der Waals surface area (Å²) in [5, 5.41) is 6.17. The van der Waals surface area contributed by atoms with Crippen molar-refractivity contribution in [3.8, 4) is 0 Å². The maximum Gasteiger partial charge on any atom is 0.106 e. The molecule has 1 aromatic heterocycles. The summed E-state index contributed by atoms with van der Waals surface area (Å²) < 4.78 is 2.31. The highest BCUT2D eigenvalue weighted by atomic mass is 15.1. The predicted molar refractivity (Wildman–Crippen MR) is 105 cm³/mol. The maximum atomic E-state index is 4.63. The number of aromatic nitrogens is 2. The monoisotopic (exact) mass is 329 g/mol. The third kappa shape index (κ3) is 3.42. The molecule has 1 N–H and O–H groups in total. The molecule has 1 heterocycles. The summed E-state index contributed by atoms with van der Waals surface area (Å²) in [6.07, 6.45) is 1.09. The quantitative estimate of drug-likeness (QED) is 0.521. The molecule has 0 saturated heterocycles. The van der Waals surface area contributed by atoms with Gasteiger partial charge in [0.1, 0.15) is 5.82 Å². The van der Waals surface area contributed by atoms with Crippen molar-refractivity contribution in [2.24, 2.45) is 0 Å². The van der Waals surface area contributed by atoms with Crippen LogP contribution in [-0.4, -0.2) is 16.1 Å². The number of imidazole rings is 1. The van der Waals surface area contributed by atoms with E-state index in [1.807, 2.05) is 6.07 Å². The molecule has 0 spiro atoms. The van der Waals surface area contributed by atoms with Gasteiger partial charge < -0.3 is 9.88 Å². The van der Waals surface area contributed by atoms with Gasteiger partial charge in [0.15, 0.2) is 0 Å². The van der Waals surface area contributed by atoms with Crippen LogP contribution in [0.4, 0.5) is 0 Å². The minimum absolute atomic E-state index is 0.911. The summed E-state index contributed by atoms with van der Waals surface area (Å²) in [5.74, 6) is 1.09. The van der Waals surface area contributed by atoms with Crippen LogP contribution < -0.4 is 5.32 Å². The number of para-hydroxylation sites is 2. The lowest BCUT2D eigenvalue weighted by molar-refractivity contribution is 0.581. The fourth-order valence-corrected chi connectivity index (χ4v) is 3.42. The van der Waals surface area contributed by atoms with Crippen LogP contribution in [0.5, 0.6) is 0 Å². The van der Waals surface area contributed by atoms with Gasteiger partial charge in [-0.1, -0.05) is 48.5 Å². The summed E-state index contributed by atoms with van der Waals surface area (Å²) >= 11 is 0. The Bertz CT molecular complexity index is 1000. The van der Waals surface area contributed by atoms with Crippen molar-refractivity contribution in [1.29, 1.82) is 0 Å². The summed E-state index contributed by atoms with van der Waals surface area (Å²) in [6, 6.07) is 23.6. The minimum Gasteiger partial charge on any atom is -0.328 e. The van der Waals surface area contributed by atoms with Crippen LogP contribution in [-0.2, 0) is 13.1 Å². The Hall–Kier alpha value is -2.65. The Balaban J connectivity index is 1.32. The lowest BCUT2D eigenvalue weighted by Gasteiger charge is -2.09. The van der Waals surface area contributed by atoms with E-state index in [1.54, 1.807) is 0 Å². The summed E-state index contributed by atoms with van der Waals surface area (Å²) in [5.41, 5.74) is 3.65. The van der Waals surface area contributed by atoms with Gasteiger partial charge in [-0.15, -0.1) is 0 Å². The molecule has 0 aliphatic heterocycles. The molecule has 0 bridgehead atoms. The zero-order valence-electron chi connectivity index (χ0n) is 14.6.